The van der Waals surface area contributed by atoms with E-state index >= 15 is 0 Å². The first-order valence-corrected chi connectivity index (χ1v) is 12.4. The maximum absolute atomic E-state index is 14.6. The van der Waals surface area contributed by atoms with Gasteiger partial charge in [-0.2, -0.15) is 5.10 Å². The minimum absolute atomic E-state index is 0.132. The molecule has 0 bridgehead atoms. The van der Waals surface area contributed by atoms with E-state index in [1.165, 1.54) is 24.4 Å². The molecule has 11 heteroatoms. The van der Waals surface area contributed by atoms with Gasteiger partial charge < -0.3 is 4.98 Å². The molecule has 0 unspecified atom stereocenters. The van der Waals surface area contributed by atoms with Gasteiger partial charge in [0, 0.05) is 23.7 Å². The van der Waals surface area contributed by atoms with Gasteiger partial charge in [-0.3, -0.25) is 5.10 Å². The van der Waals surface area contributed by atoms with Crippen molar-refractivity contribution in [1.82, 2.24) is 24.9 Å². The van der Waals surface area contributed by atoms with Crippen LogP contribution in [0.15, 0.2) is 59.8 Å². The quantitative estimate of drug-likeness (QED) is 0.326. The number of nitrogens with one attached hydrogen (secondary N) is 3. The Morgan fingerprint density at radius 1 is 0.971 bits per heavy atom. The molecule has 0 saturated heterocycles. The Balaban J connectivity index is 1.32. The molecule has 1 aliphatic rings. The number of aromatic amines is 2. The summed E-state index contributed by atoms with van der Waals surface area (Å²) in [6.07, 6.45) is 2.37. The van der Waals surface area contributed by atoms with Gasteiger partial charge in [-0.1, -0.05) is 0 Å². The van der Waals surface area contributed by atoms with E-state index in [0.29, 0.717) is 46.1 Å². The van der Waals surface area contributed by atoms with Gasteiger partial charge in [0.15, 0.2) is 5.65 Å². The van der Waals surface area contributed by atoms with Gasteiger partial charge in [-0.05, 0) is 72.4 Å². The summed E-state index contributed by atoms with van der Waals surface area (Å²) >= 11 is 0. The second kappa shape index (κ2) is 7.92. The Labute approximate surface area is 197 Å². The van der Waals surface area contributed by atoms with Crippen molar-refractivity contribution in [1.29, 1.82) is 0 Å². The fraction of sp³-hybridized carbons (Fsp3) is 0.167. The van der Waals surface area contributed by atoms with E-state index in [-0.39, 0.29) is 16.5 Å². The Hall–Kier alpha value is -3.70. The van der Waals surface area contributed by atoms with Crippen molar-refractivity contribution >= 4 is 32.0 Å². The third-order valence-corrected chi connectivity index (χ3v) is 7.89. The van der Waals surface area contributed by atoms with Crippen molar-refractivity contribution in [2.75, 3.05) is 0 Å². The van der Waals surface area contributed by atoms with Crippen molar-refractivity contribution in [3.63, 3.8) is 0 Å². The lowest BCUT2D eigenvalue weighted by atomic mass is 9.74. The van der Waals surface area contributed by atoms with Crippen LogP contribution in [0.4, 0.5) is 13.2 Å². The van der Waals surface area contributed by atoms with E-state index in [2.05, 4.69) is 24.9 Å². The zero-order valence-corrected chi connectivity index (χ0v) is 18.8. The third-order valence-electron chi connectivity index (χ3n) is 6.42. The van der Waals surface area contributed by atoms with Gasteiger partial charge >= 0.3 is 0 Å². The van der Waals surface area contributed by atoms with Crippen molar-refractivity contribution in [2.24, 2.45) is 0 Å². The molecule has 0 amide bonds. The normalized spacial score (nSPS) is 18.3. The summed E-state index contributed by atoms with van der Waals surface area (Å²) in [5, 5.41) is 7.17. The van der Waals surface area contributed by atoms with Gasteiger partial charge in [0.2, 0.25) is 5.03 Å². The minimum atomic E-state index is -3.92. The highest BCUT2D eigenvalue weighted by Crippen LogP contribution is 2.46. The van der Waals surface area contributed by atoms with Gasteiger partial charge in [-0.25, -0.2) is 31.3 Å². The summed E-state index contributed by atoms with van der Waals surface area (Å²) in [6.45, 7) is 0. The highest BCUT2D eigenvalue weighted by atomic mass is 32.2. The summed E-state index contributed by atoms with van der Waals surface area (Å²) in [5.74, 6) is -2.03. The smallest absolute Gasteiger partial charge is 0.260 e. The fourth-order valence-corrected chi connectivity index (χ4v) is 6.13. The monoisotopic (exact) mass is 497 g/mol. The molecule has 1 saturated carbocycles. The van der Waals surface area contributed by atoms with Crippen LogP contribution in [-0.2, 0) is 10.0 Å². The van der Waals surface area contributed by atoms with Crippen LogP contribution < -0.4 is 4.72 Å². The predicted octanol–water partition coefficient (Wildman–Crippen LogP) is 4.75. The van der Waals surface area contributed by atoms with Gasteiger partial charge in [0.1, 0.15) is 17.5 Å². The molecule has 35 heavy (non-hydrogen) atoms. The van der Waals surface area contributed by atoms with Crippen molar-refractivity contribution < 1.29 is 21.6 Å². The molecular weight excluding hydrogens is 479 g/mol. The molecule has 3 N–H and O–H groups in total. The molecular formula is C24H18F3N5O2S. The van der Waals surface area contributed by atoms with E-state index < -0.39 is 33.5 Å². The van der Waals surface area contributed by atoms with Crippen LogP contribution in [0.2, 0.25) is 0 Å². The lowest BCUT2D eigenvalue weighted by molar-refractivity contribution is 0.328. The first-order chi connectivity index (χ1) is 16.8. The van der Waals surface area contributed by atoms with Gasteiger partial charge in [-0.15, -0.1) is 0 Å². The third kappa shape index (κ3) is 3.67. The second-order valence-corrected chi connectivity index (χ2v) is 10.3. The molecule has 3 aromatic heterocycles. The number of H-pyrrole nitrogens is 2. The van der Waals surface area contributed by atoms with Crippen LogP contribution in [-0.4, -0.2) is 34.6 Å². The van der Waals surface area contributed by atoms with Crippen LogP contribution in [0, 0.1) is 17.5 Å². The number of nitrogens with zero attached hydrogens (tertiary/aromatic N) is 2. The summed E-state index contributed by atoms with van der Waals surface area (Å²) in [4.78, 5) is 7.09. The molecule has 1 aliphatic carbocycles. The topological polar surface area (TPSA) is 104 Å². The van der Waals surface area contributed by atoms with E-state index in [1.54, 1.807) is 24.3 Å². The zero-order valence-electron chi connectivity index (χ0n) is 18.0. The number of aromatic nitrogens is 4. The van der Waals surface area contributed by atoms with E-state index in [1.807, 2.05) is 0 Å². The van der Waals surface area contributed by atoms with Crippen LogP contribution in [0.25, 0.3) is 33.2 Å². The summed E-state index contributed by atoms with van der Waals surface area (Å²) in [5.41, 5.74) is 2.37. The number of hydrogen-bond acceptors (Lipinski definition) is 4. The molecule has 1 fully saturated rings. The number of hydrogen-bond donors (Lipinski definition) is 3. The molecule has 3 heterocycles. The van der Waals surface area contributed by atoms with Gasteiger partial charge in [0.05, 0.1) is 16.6 Å². The highest BCUT2D eigenvalue weighted by Gasteiger charge is 2.38. The average Bonchev–Trinajstić information content (AvgIpc) is 3.39. The fourth-order valence-electron chi connectivity index (χ4n) is 4.77. The summed E-state index contributed by atoms with van der Waals surface area (Å²) in [6, 6.07) is 10.6. The molecule has 0 aliphatic heterocycles. The van der Waals surface area contributed by atoms with Crippen LogP contribution in [0.5, 0.6) is 0 Å². The lowest BCUT2D eigenvalue weighted by Crippen LogP contribution is -2.43. The molecule has 6 rings (SSSR count). The number of benzene rings is 2. The summed E-state index contributed by atoms with van der Waals surface area (Å²) in [7, 11) is -3.92. The standard InChI is InChI=1S/C24H18F3N5O2S/c25-14-5-3-12(4-6-14)21-20(18-10-15(26)11-19(27)22(18)29-21)13-8-16(9-13)32-35(33,34)24-17-2-1-7-28-23(17)30-31-24/h1-7,10-11,13,16,29,32H,8-9H2,(H,28,30,31)/t13-,16-. The molecule has 0 atom stereocenters. The van der Waals surface area contributed by atoms with Crippen LogP contribution in [0.3, 0.4) is 0 Å². The Kier molecular flexibility index (Phi) is 4.94. The maximum Gasteiger partial charge on any atom is 0.260 e. The lowest BCUT2D eigenvalue weighted by Gasteiger charge is -2.36. The first-order valence-electron chi connectivity index (χ1n) is 10.9. The predicted molar refractivity (Wildman–Crippen MR) is 124 cm³/mol. The minimum Gasteiger partial charge on any atom is -0.352 e. The largest absolute Gasteiger partial charge is 0.352 e. The Bertz CT molecular complexity index is 1690. The summed E-state index contributed by atoms with van der Waals surface area (Å²) < 4.78 is 70.7. The van der Waals surface area contributed by atoms with Crippen molar-refractivity contribution in [3.05, 3.63) is 77.7 Å². The molecule has 0 spiro atoms. The van der Waals surface area contributed by atoms with Gasteiger partial charge in [0.25, 0.3) is 10.0 Å². The average molecular weight is 498 g/mol. The molecule has 0 radical (unpaired) electrons. The number of rotatable bonds is 5. The van der Waals surface area contributed by atoms with Crippen LogP contribution in [0.1, 0.15) is 24.3 Å². The molecule has 5 aromatic rings. The maximum atomic E-state index is 14.6. The zero-order chi connectivity index (χ0) is 24.3. The highest BCUT2D eigenvalue weighted by molar-refractivity contribution is 7.89. The number of sulfonamides is 1. The van der Waals surface area contributed by atoms with Crippen molar-refractivity contribution in [3.8, 4) is 11.3 Å². The molecule has 178 valence electrons. The SMILES string of the molecule is O=S(=O)(N[C@H]1C[C@H](c2c(-c3ccc(F)cc3)[nH]c3c(F)cc(F)cc32)C1)c1n[nH]c2ncccc12. The number of pyridine rings is 1. The molecule has 7 nitrogen and oxygen atoms in total. The second-order valence-electron chi connectivity index (χ2n) is 8.65. The van der Waals surface area contributed by atoms with E-state index in [9.17, 15) is 21.6 Å². The number of halogens is 3. The Morgan fingerprint density at radius 3 is 2.51 bits per heavy atom. The van der Waals surface area contributed by atoms with E-state index in [0.717, 1.165) is 6.07 Å². The van der Waals surface area contributed by atoms with Crippen LogP contribution >= 0.6 is 0 Å². The van der Waals surface area contributed by atoms with E-state index in [4.69, 9.17) is 0 Å². The molecule has 2 aromatic carbocycles. The first kappa shape index (κ1) is 21.8. The number of fused-ring (bicyclic) bond motifs is 2. The van der Waals surface area contributed by atoms with Crippen molar-refractivity contribution in [2.45, 2.75) is 29.8 Å². The Morgan fingerprint density at radius 2 is 1.74 bits per heavy atom.